The molecule has 0 radical (unpaired) electrons. The van der Waals surface area contributed by atoms with Crippen molar-refractivity contribution in [1.29, 1.82) is 0 Å². The molecule has 0 aromatic heterocycles. The van der Waals surface area contributed by atoms with Gasteiger partial charge in [0.15, 0.2) is 5.96 Å². The molecule has 1 aromatic carbocycles. The SMILES string of the molecule is CCC(=O)N1CCC(NC(=NC)NCc2cccc(NC(=O)CN(C)C)c2)C1.I. The Balaban J connectivity index is 0.00000420. The number of rotatable bonds is 7. The molecule has 2 amide bonds. The number of guanidine groups is 1. The summed E-state index contributed by atoms with van der Waals surface area (Å²) in [6, 6.07) is 7.95. The number of carbonyl (C=O) groups excluding carboxylic acids is 2. The molecule has 1 saturated heterocycles. The molecular weight excluding hydrogens is 483 g/mol. The van der Waals surface area contributed by atoms with Crippen LogP contribution < -0.4 is 16.0 Å². The van der Waals surface area contributed by atoms with Crippen LogP contribution in [-0.4, -0.2) is 74.4 Å². The number of nitrogens with zero attached hydrogens (tertiary/aromatic N) is 3. The summed E-state index contributed by atoms with van der Waals surface area (Å²) in [6.07, 6.45) is 1.46. The van der Waals surface area contributed by atoms with Crippen LogP contribution in [0.3, 0.4) is 0 Å². The molecule has 162 valence electrons. The molecule has 0 saturated carbocycles. The summed E-state index contributed by atoms with van der Waals surface area (Å²) in [6.45, 7) is 4.32. The van der Waals surface area contributed by atoms with Crippen LogP contribution in [0.25, 0.3) is 0 Å². The highest BCUT2D eigenvalue weighted by atomic mass is 127. The van der Waals surface area contributed by atoms with E-state index in [1.54, 1.807) is 7.05 Å². The van der Waals surface area contributed by atoms with Gasteiger partial charge in [0.05, 0.1) is 6.54 Å². The van der Waals surface area contributed by atoms with Crippen molar-refractivity contribution in [2.75, 3.05) is 46.1 Å². The highest BCUT2D eigenvalue weighted by Crippen LogP contribution is 2.12. The van der Waals surface area contributed by atoms with Gasteiger partial charge in [-0.05, 0) is 38.2 Å². The molecule has 1 heterocycles. The van der Waals surface area contributed by atoms with E-state index in [0.29, 0.717) is 32.0 Å². The van der Waals surface area contributed by atoms with Crippen molar-refractivity contribution in [2.24, 2.45) is 4.99 Å². The fourth-order valence-corrected chi connectivity index (χ4v) is 3.15. The number of hydrogen-bond donors (Lipinski definition) is 3. The molecular formula is C20H33IN6O2. The summed E-state index contributed by atoms with van der Waals surface area (Å²) in [5.41, 5.74) is 1.82. The molecule has 2 rings (SSSR count). The zero-order valence-electron chi connectivity index (χ0n) is 17.7. The summed E-state index contributed by atoms with van der Waals surface area (Å²) in [5, 5.41) is 9.58. The largest absolute Gasteiger partial charge is 0.352 e. The van der Waals surface area contributed by atoms with Gasteiger partial charge in [-0.15, -0.1) is 24.0 Å². The first-order chi connectivity index (χ1) is 13.4. The van der Waals surface area contributed by atoms with Crippen LogP contribution in [-0.2, 0) is 16.1 Å². The van der Waals surface area contributed by atoms with Crippen LogP contribution in [0, 0.1) is 0 Å². The van der Waals surface area contributed by atoms with Gasteiger partial charge in [0.2, 0.25) is 11.8 Å². The highest BCUT2D eigenvalue weighted by Gasteiger charge is 2.25. The second kappa shape index (κ2) is 12.6. The Morgan fingerprint density at radius 1 is 1.31 bits per heavy atom. The standard InChI is InChI=1S/C20H32N6O2.HI/c1-5-19(28)26-10-9-17(13-26)24-20(21-2)22-12-15-7-6-8-16(11-15)23-18(27)14-25(3)4;/h6-8,11,17H,5,9-10,12-14H2,1-4H3,(H,23,27)(H2,21,22,24);1H. The molecule has 0 spiro atoms. The first kappa shape index (κ1) is 25.2. The molecule has 1 unspecified atom stereocenters. The lowest BCUT2D eigenvalue weighted by Gasteiger charge is -2.19. The zero-order valence-corrected chi connectivity index (χ0v) is 20.0. The molecule has 0 bridgehead atoms. The topological polar surface area (TPSA) is 89.1 Å². The Hall–Kier alpha value is -1.88. The number of halogens is 1. The third-order valence-electron chi connectivity index (χ3n) is 4.54. The maximum absolute atomic E-state index is 11.9. The van der Waals surface area contributed by atoms with Crippen molar-refractivity contribution in [3.8, 4) is 0 Å². The smallest absolute Gasteiger partial charge is 0.238 e. The van der Waals surface area contributed by atoms with E-state index in [-0.39, 0.29) is 41.8 Å². The fraction of sp³-hybridized carbons (Fsp3) is 0.550. The maximum atomic E-state index is 11.9. The van der Waals surface area contributed by atoms with Gasteiger partial charge in [-0.2, -0.15) is 0 Å². The molecule has 8 nitrogen and oxygen atoms in total. The van der Waals surface area contributed by atoms with Crippen LogP contribution in [0.5, 0.6) is 0 Å². The van der Waals surface area contributed by atoms with Crippen molar-refractivity contribution < 1.29 is 9.59 Å². The minimum atomic E-state index is -0.0417. The van der Waals surface area contributed by atoms with Crippen molar-refractivity contribution >= 4 is 47.4 Å². The number of anilines is 1. The molecule has 1 aromatic rings. The Morgan fingerprint density at radius 2 is 2.07 bits per heavy atom. The molecule has 1 aliphatic rings. The lowest BCUT2D eigenvalue weighted by atomic mass is 10.2. The third-order valence-corrected chi connectivity index (χ3v) is 4.54. The Kier molecular flexibility index (Phi) is 11.0. The molecule has 29 heavy (non-hydrogen) atoms. The first-order valence-electron chi connectivity index (χ1n) is 9.69. The summed E-state index contributed by atoms with van der Waals surface area (Å²) >= 11 is 0. The Bertz CT molecular complexity index is 710. The number of amides is 2. The number of benzene rings is 1. The summed E-state index contributed by atoms with van der Waals surface area (Å²) < 4.78 is 0. The van der Waals surface area contributed by atoms with Gasteiger partial charge in [0.1, 0.15) is 0 Å². The average molecular weight is 516 g/mol. The highest BCUT2D eigenvalue weighted by molar-refractivity contribution is 14.0. The normalized spacial score (nSPS) is 16.4. The molecule has 0 aliphatic carbocycles. The van der Waals surface area contributed by atoms with Gasteiger partial charge < -0.3 is 25.8 Å². The number of aliphatic imine (C=N–C) groups is 1. The molecule has 1 aliphatic heterocycles. The van der Waals surface area contributed by atoms with E-state index in [1.165, 1.54) is 0 Å². The number of likely N-dealkylation sites (N-methyl/N-ethyl adjacent to an activating group) is 1. The minimum Gasteiger partial charge on any atom is -0.352 e. The van der Waals surface area contributed by atoms with Gasteiger partial charge >= 0.3 is 0 Å². The first-order valence-corrected chi connectivity index (χ1v) is 9.69. The van der Waals surface area contributed by atoms with E-state index < -0.39 is 0 Å². The zero-order chi connectivity index (χ0) is 20.5. The monoisotopic (exact) mass is 516 g/mol. The van der Waals surface area contributed by atoms with E-state index in [9.17, 15) is 9.59 Å². The predicted molar refractivity (Wildman–Crippen MR) is 128 cm³/mol. The number of nitrogens with one attached hydrogen (secondary N) is 3. The Labute approximate surface area is 190 Å². The lowest BCUT2D eigenvalue weighted by molar-refractivity contribution is -0.129. The van der Waals surface area contributed by atoms with Crippen molar-refractivity contribution in [3.63, 3.8) is 0 Å². The maximum Gasteiger partial charge on any atom is 0.238 e. The Morgan fingerprint density at radius 3 is 2.72 bits per heavy atom. The van der Waals surface area contributed by atoms with Gasteiger partial charge in [-0.1, -0.05) is 19.1 Å². The fourth-order valence-electron chi connectivity index (χ4n) is 3.15. The number of hydrogen-bond acceptors (Lipinski definition) is 4. The van der Waals surface area contributed by atoms with E-state index in [4.69, 9.17) is 0 Å². The molecule has 1 fully saturated rings. The van der Waals surface area contributed by atoms with E-state index >= 15 is 0 Å². The van der Waals surface area contributed by atoms with Gasteiger partial charge in [0, 0.05) is 44.8 Å². The summed E-state index contributed by atoms with van der Waals surface area (Å²) in [5.74, 6) is 0.859. The van der Waals surface area contributed by atoms with E-state index in [2.05, 4.69) is 20.9 Å². The minimum absolute atomic E-state index is 0. The van der Waals surface area contributed by atoms with Crippen LogP contribution >= 0.6 is 24.0 Å². The van der Waals surface area contributed by atoms with E-state index in [1.807, 2.05) is 55.1 Å². The van der Waals surface area contributed by atoms with Crippen molar-refractivity contribution in [1.82, 2.24) is 20.4 Å². The van der Waals surface area contributed by atoms with Gasteiger partial charge in [-0.3, -0.25) is 14.6 Å². The van der Waals surface area contributed by atoms with Crippen molar-refractivity contribution in [2.45, 2.75) is 32.4 Å². The lowest BCUT2D eigenvalue weighted by Crippen LogP contribution is -2.44. The van der Waals surface area contributed by atoms with Crippen LogP contribution in [0.1, 0.15) is 25.3 Å². The van der Waals surface area contributed by atoms with Crippen LogP contribution in [0.15, 0.2) is 29.3 Å². The second-order valence-electron chi connectivity index (χ2n) is 7.24. The molecule has 9 heteroatoms. The van der Waals surface area contributed by atoms with Gasteiger partial charge in [0.25, 0.3) is 0 Å². The van der Waals surface area contributed by atoms with Crippen molar-refractivity contribution in [3.05, 3.63) is 29.8 Å². The van der Waals surface area contributed by atoms with Gasteiger partial charge in [-0.25, -0.2) is 0 Å². The van der Waals surface area contributed by atoms with E-state index in [0.717, 1.165) is 24.2 Å². The average Bonchev–Trinajstić information content (AvgIpc) is 3.12. The number of carbonyl (C=O) groups is 2. The van der Waals surface area contributed by atoms with Crippen LogP contribution in [0.2, 0.25) is 0 Å². The summed E-state index contributed by atoms with van der Waals surface area (Å²) in [4.78, 5) is 31.7. The molecule has 3 N–H and O–H groups in total. The molecule has 1 atom stereocenters. The summed E-state index contributed by atoms with van der Waals surface area (Å²) in [7, 11) is 5.46. The number of likely N-dealkylation sites (tertiary alicyclic amines) is 1. The second-order valence-corrected chi connectivity index (χ2v) is 7.24. The third kappa shape index (κ3) is 8.57. The quantitative estimate of drug-likeness (QED) is 0.290. The van der Waals surface area contributed by atoms with Crippen LogP contribution in [0.4, 0.5) is 5.69 Å². The predicted octanol–water partition coefficient (Wildman–Crippen LogP) is 1.48.